The Morgan fingerprint density at radius 1 is 1.44 bits per heavy atom. The van der Waals surface area contributed by atoms with Crippen molar-refractivity contribution >= 4 is 18.4 Å². The molecule has 0 fully saturated rings. The molecule has 0 heterocycles. The van der Waals surface area contributed by atoms with E-state index in [0.717, 1.165) is 0 Å². The molecule has 90 valence electrons. The van der Waals surface area contributed by atoms with Gasteiger partial charge >= 0.3 is 5.97 Å². The first-order valence-corrected chi connectivity index (χ1v) is 4.46. The highest BCUT2D eigenvalue weighted by Gasteiger charge is 2.11. The summed E-state index contributed by atoms with van der Waals surface area (Å²) in [4.78, 5) is 10.7. The highest BCUT2D eigenvalue weighted by molar-refractivity contribution is 5.90. The van der Waals surface area contributed by atoms with Gasteiger partial charge in [-0.25, -0.2) is 4.79 Å². The maximum absolute atomic E-state index is 10.7. The average Bonchev–Trinajstić information content (AvgIpc) is 2.20. The van der Waals surface area contributed by atoms with Crippen LogP contribution in [0.5, 0.6) is 5.75 Å². The minimum atomic E-state index is -1.19. The largest absolute Gasteiger partial charge is 0.507 e. The predicted octanol–water partition coefficient (Wildman–Crippen LogP) is 0.374. The third-order valence-electron chi connectivity index (χ3n) is 2.02. The number of hydrogen-bond acceptors (Lipinski definition) is 4. The molecule has 5 nitrogen and oxygen atoms in total. The summed E-state index contributed by atoms with van der Waals surface area (Å²) >= 11 is 0. The lowest BCUT2D eigenvalue weighted by atomic mass is 10.0. The number of carbonyl (C=O) groups is 1. The molecule has 0 aliphatic rings. The van der Waals surface area contributed by atoms with Gasteiger partial charge in [0, 0.05) is 6.04 Å². The number of benzene rings is 1. The van der Waals surface area contributed by atoms with Crippen LogP contribution in [0.1, 0.15) is 15.9 Å². The van der Waals surface area contributed by atoms with E-state index in [1.165, 1.54) is 12.1 Å². The second kappa shape index (κ2) is 6.32. The van der Waals surface area contributed by atoms with Gasteiger partial charge in [-0.15, -0.1) is 12.4 Å². The zero-order valence-corrected chi connectivity index (χ0v) is 9.28. The maximum Gasteiger partial charge on any atom is 0.339 e. The monoisotopic (exact) mass is 247 g/mol. The van der Waals surface area contributed by atoms with Crippen molar-refractivity contribution in [3.63, 3.8) is 0 Å². The van der Waals surface area contributed by atoms with E-state index in [1.54, 1.807) is 6.07 Å². The first kappa shape index (κ1) is 14.7. The number of rotatable bonds is 4. The van der Waals surface area contributed by atoms with E-state index in [-0.39, 0.29) is 30.3 Å². The Balaban J connectivity index is 0.00000225. The van der Waals surface area contributed by atoms with Crippen LogP contribution in [0.15, 0.2) is 18.2 Å². The molecule has 0 radical (unpaired) electrons. The molecular weight excluding hydrogens is 234 g/mol. The lowest BCUT2D eigenvalue weighted by molar-refractivity contribution is 0.0693. The number of carboxylic acid groups (broad SMARTS) is 1. The van der Waals surface area contributed by atoms with Crippen LogP contribution in [-0.2, 0) is 6.42 Å². The third kappa shape index (κ3) is 3.69. The molecule has 16 heavy (non-hydrogen) atoms. The van der Waals surface area contributed by atoms with E-state index in [4.69, 9.17) is 15.9 Å². The smallest absolute Gasteiger partial charge is 0.339 e. The van der Waals surface area contributed by atoms with Gasteiger partial charge in [-0.05, 0) is 24.1 Å². The molecule has 6 heteroatoms. The topological polar surface area (TPSA) is 104 Å². The summed E-state index contributed by atoms with van der Waals surface area (Å²) < 4.78 is 0. The van der Waals surface area contributed by atoms with Crippen LogP contribution >= 0.6 is 12.4 Å². The quantitative estimate of drug-likeness (QED) is 0.616. The summed E-state index contributed by atoms with van der Waals surface area (Å²) in [6.45, 7) is -0.163. The number of phenols is 1. The van der Waals surface area contributed by atoms with Crippen molar-refractivity contribution < 1.29 is 20.1 Å². The van der Waals surface area contributed by atoms with Gasteiger partial charge in [-0.1, -0.05) is 6.07 Å². The first-order chi connectivity index (χ1) is 7.04. The molecular formula is C10H14ClNO4. The molecule has 0 aliphatic carbocycles. The second-order valence-corrected chi connectivity index (χ2v) is 3.30. The maximum atomic E-state index is 10.7. The van der Waals surface area contributed by atoms with Gasteiger partial charge in [-0.3, -0.25) is 0 Å². The van der Waals surface area contributed by atoms with Gasteiger partial charge in [0.2, 0.25) is 0 Å². The number of halogens is 1. The highest BCUT2D eigenvalue weighted by atomic mass is 35.5. The van der Waals surface area contributed by atoms with E-state index in [9.17, 15) is 9.90 Å². The van der Waals surface area contributed by atoms with Crippen LogP contribution in [0.3, 0.4) is 0 Å². The second-order valence-electron chi connectivity index (χ2n) is 3.30. The SMILES string of the molecule is Cl.NC(CO)Cc1ccc(O)c(C(=O)O)c1. The van der Waals surface area contributed by atoms with E-state index in [2.05, 4.69) is 0 Å². The summed E-state index contributed by atoms with van der Waals surface area (Å²) in [7, 11) is 0. The Kier molecular flexibility index (Phi) is 5.81. The summed E-state index contributed by atoms with van der Waals surface area (Å²) in [6, 6.07) is 3.82. The van der Waals surface area contributed by atoms with Crippen LogP contribution in [0.2, 0.25) is 0 Å². The van der Waals surface area contributed by atoms with Gasteiger partial charge < -0.3 is 21.1 Å². The number of carboxylic acids is 1. The molecule has 0 spiro atoms. The molecule has 0 aromatic heterocycles. The molecule has 0 aliphatic heterocycles. The summed E-state index contributed by atoms with van der Waals surface area (Å²) in [5.41, 5.74) is 6.03. The molecule has 0 bridgehead atoms. The number of nitrogens with two attached hydrogens (primary N) is 1. The Bertz CT molecular complexity index is 370. The summed E-state index contributed by atoms with van der Waals surface area (Å²) in [5.74, 6) is -1.46. The van der Waals surface area contributed by atoms with E-state index < -0.39 is 12.0 Å². The van der Waals surface area contributed by atoms with Crippen molar-refractivity contribution in [3.8, 4) is 5.75 Å². The zero-order valence-electron chi connectivity index (χ0n) is 8.46. The van der Waals surface area contributed by atoms with E-state index in [1.807, 2.05) is 0 Å². The van der Waals surface area contributed by atoms with Gasteiger partial charge in [-0.2, -0.15) is 0 Å². The Labute approximate surface area is 98.9 Å². The summed E-state index contributed by atoms with van der Waals surface area (Å²) in [6.07, 6.45) is 0.372. The number of aromatic hydroxyl groups is 1. The molecule has 0 amide bonds. The minimum absolute atomic E-state index is 0. The third-order valence-corrected chi connectivity index (χ3v) is 2.02. The number of aliphatic hydroxyl groups is 1. The molecule has 0 saturated heterocycles. The fraction of sp³-hybridized carbons (Fsp3) is 0.300. The van der Waals surface area contributed by atoms with E-state index in [0.29, 0.717) is 12.0 Å². The standard InChI is InChI=1S/C10H13NO4.ClH/c11-7(5-12)3-6-1-2-9(13)8(4-6)10(14)15;/h1-2,4,7,12-13H,3,5,11H2,(H,14,15);1H. The molecule has 1 aromatic rings. The lowest BCUT2D eigenvalue weighted by Crippen LogP contribution is -2.26. The molecule has 1 aromatic carbocycles. The molecule has 1 rings (SSSR count). The van der Waals surface area contributed by atoms with Crippen molar-refractivity contribution in [3.05, 3.63) is 29.3 Å². The molecule has 1 unspecified atom stereocenters. The summed E-state index contributed by atoms with van der Waals surface area (Å²) in [5, 5.41) is 26.7. The van der Waals surface area contributed by atoms with Crippen molar-refractivity contribution in [2.75, 3.05) is 6.61 Å². The van der Waals surface area contributed by atoms with Crippen LogP contribution in [0.4, 0.5) is 0 Å². The van der Waals surface area contributed by atoms with Gasteiger partial charge in [0.15, 0.2) is 0 Å². The number of hydrogen-bond donors (Lipinski definition) is 4. The minimum Gasteiger partial charge on any atom is -0.507 e. The Hall–Kier alpha value is -1.30. The first-order valence-electron chi connectivity index (χ1n) is 4.46. The normalized spacial score (nSPS) is 11.6. The fourth-order valence-corrected chi connectivity index (χ4v) is 1.25. The van der Waals surface area contributed by atoms with Gasteiger partial charge in [0.25, 0.3) is 0 Å². The van der Waals surface area contributed by atoms with Crippen molar-refractivity contribution in [1.29, 1.82) is 0 Å². The average molecular weight is 248 g/mol. The Morgan fingerprint density at radius 3 is 2.56 bits per heavy atom. The predicted molar refractivity (Wildman–Crippen MR) is 61.1 cm³/mol. The number of aromatic carboxylic acids is 1. The van der Waals surface area contributed by atoms with E-state index >= 15 is 0 Å². The van der Waals surface area contributed by atoms with Gasteiger partial charge in [0.05, 0.1) is 6.61 Å². The number of aliphatic hydroxyl groups excluding tert-OH is 1. The lowest BCUT2D eigenvalue weighted by Gasteiger charge is -2.09. The highest BCUT2D eigenvalue weighted by Crippen LogP contribution is 2.19. The van der Waals surface area contributed by atoms with Crippen molar-refractivity contribution in [2.24, 2.45) is 5.73 Å². The van der Waals surface area contributed by atoms with Crippen LogP contribution in [-0.4, -0.2) is 33.9 Å². The Morgan fingerprint density at radius 2 is 2.06 bits per heavy atom. The van der Waals surface area contributed by atoms with Gasteiger partial charge in [0.1, 0.15) is 11.3 Å². The molecule has 0 saturated carbocycles. The van der Waals surface area contributed by atoms with Crippen LogP contribution < -0.4 is 5.73 Å². The van der Waals surface area contributed by atoms with Crippen molar-refractivity contribution in [2.45, 2.75) is 12.5 Å². The molecule has 1 atom stereocenters. The van der Waals surface area contributed by atoms with Crippen molar-refractivity contribution in [1.82, 2.24) is 0 Å². The van der Waals surface area contributed by atoms with Crippen LogP contribution in [0.25, 0.3) is 0 Å². The fourth-order valence-electron chi connectivity index (χ4n) is 1.25. The molecule has 5 N–H and O–H groups in total. The van der Waals surface area contributed by atoms with Crippen LogP contribution in [0, 0.1) is 0 Å². The zero-order chi connectivity index (χ0) is 11.4.